The molecular formula is C21H26N4O4. The molecule has 0 radical (unpaired) electrons. The van der Waals surface area contributed by atoms with Crippen LogP contribution in [0.15, 0.2) is 48.5 Å². The second-order valence-corrected chi connectivity index (χ2v) is 6.26. The lowest BCUT2D eigenvalue weighted by Crippen LogP contribution is -2.38. The summed E-state index contributed by atoms with van der Waals surface area (Å²) < 4.78 is 5.22. The fourth-order valence-corrected chi connectivity index (χ4v) is 2.67. The number of anilines is 2. The summed E-state index contributed by atoms with van der Waals surface area (Å²) in [6.07, 6.45) is 0. The molecule has 0 aromatic heterocycles. The van der Waals surface area contributed by atoms with E-state index in [1.54, 1.807) is 54.4 Å². The summed E-state index contributed by atoms with van der Waals surface area (Å²) in [5.41, 5.74) is 1.67. The van der Waals surface area contributed by atoms with Crippen molar-refractivity contribution < 1.29 is 19.1 Å². The average molecular weight is 398 g/mol. The Balaban J connectivity index is 1.89. The van der Waals surface area contributed by atoms with Crippen LogP contribution in [0.2, 0.25) is 0 Å². The summed E-state index contributed by atoms with van der Waals surface area (Å²) in [7, 11) is 3.09. The Hall–Kier alpha value is -3.39. The maximum Gasteiger partial charge on any atom is 0.251 e. The highest BCUT2D eigenvalue weighted by Crippen LogP contribution is 2.22. The molecule has 0 fully saturated rings. The smallest absolute Gasteiger partial charge is 0.251 e. The Kier molecular flexibility index (Phi) is 8.17. The van der Waals surface area contributed by atoms with E-state index < -0.39 is 0 Å². The first-order valence-electron chi connectivity index (χ1n) is 9.24. The van der Waals surface area contributed by atoms with Gasteiger partial charge in [0.2, 0.25) is 11.8 Å². The van der Waals surface area contributed by atoms with Crippen molar-refractivity contribution in [2.75, 3.05) is 44.4 Å². The minimum absolute atomic E-state index is 0.0625. The van der Waals surface area contributed by atoms with Crippen molar-refractivity contribution in [2.45, 2.75) is 6.92 Å². The van der Waals surface area contributed by atoms with Crippen molar-refractivity contribution >= 4 is 29.1 Å². The summed E-state index contributed by atoms with van der Waals surface area (Å²) in [5, 5.41) is 8.10. The van der Waals surface area contributed by atoms with Gasteiger partial charge in [-0.2, -0.15) is 0 Å². The molecule has 2 rings (SSSR count). The highest BCUT2D eigenvalue weighted by molar-refractivity contribution is 5.97. The van der Waals surface area contributed by atoms with Crippen molar-refractivity contribution in [3.8, 4) is 5.75 Å². The molecule has 3 N–H and O–H groups in total. The lowest BCUT2D eigenvalue weighted by molar-refractivity contribution is -0.119. The molecule has 154 valence electrons. The lowest BCUT2D eigenvalue weighted by Gasteiger charge is -2.20. The summed E-state index contributed by atoms with van der Waals surface area (Å²) in [5.74, 6) is -0.105. The lowest BCUT2D eigenvalue weighted by atomic mass is 10.2. The number of hydrogen-bond acceptors (Lipinski definition) is 5. The Morgan fingerprint density at radius 1 is 0.931 bits per heavy atom. The minimum Gasteiger partial charge on any atom is -0.495 e. The maximum atomic E-state index is 12.3. The van der Waals surface area contributed by atoms with E-state index in [-0.39, 0.29) is 30.8 Å². The number of nitrogens with one attached hydrogen (secondary N) is 3. The number of likely N-dealkylation sites (N-methyl/N-ethyl adjacent to an activating group) is 1. The van der Waals surface area contributed by atoms with Crippen molar-refractivity contribution in [3.63, 3.8) is 0 Å². The Morgan fingerprint density at radius 3 is 2.14 bits per heavy atom. The van der Waals surface area contributed by atoms with Crippen LogP contribution in [0, 0.1) is 0 Å². The van der Waals surface area contributed by atoms with E-state index in [1.165, 1.54) is 7.11 Å². The van der Waals surface area contributed by atoms with Crippen LogP contribution in [0.5, 0.6) is 5.75 Å². The molecule has 0 unspecified atom stereocenters. The molecule has 0 saturated heterocycles. The quantitative estimate of drug-likeness (QED) is 0.600. The highest BCUT2D eigenvalue weighted by Gasteiger charge is 2.15. The van der Waals surface area contributed by atoms with Crippen LogP contribution < -0.4 is 20.7 Å². The van der Waals surface area contributed by atoms with Crippen LogP contribution in [0.4, 0.5) is 11.4 Å². The molecule has 0 spiro atoms. The molecule has 0 aliphatic rings. The predicted molar refractivity (Wildman–Crippen MR) is 112 cm³/mol. The number of carbonyl (C=O) groups excluding carboxylic acids is 3. The highest BCUT2D eigenvalue weighted by atomic mass is 16.5. The van der Waals surface area contributed by atoms with E-state index in [1.807, 2.05) is 13.0 Å². The molecule has 8 nitrogen and oxygen atoms in total. The van der Waals surface area contributed by atoms with Gasteiger partial charge in [-0.15, -0.1) is 0 Å². The zero-order valence-corrected chi connectivity index (χ0v) is 16.8. The van der Waals surface area contributed by atoms with Crippen molar-refractivity contribution in [2.24, 2.45) is 0 Å². The van der Waals surface area contributed by atoms with E-state index in [2.05, 4.69) is 16.0 Å². The second-order valence-electron chi connectivity index (χ2n) is 6.26. The van der Waals surface area contributed by atoms with Crippen LogP contribution in [0.3, 0.4) is 0 Å². The van der Waals surface area contributed by atoms with Gasteiger partial charge in [0.25, 0.3) is 5.91 Å². The van der Waals surface area contributed by atoms with Gasteiger partial charge >= 0.3 is 0 Å². The summed E-state index contributed by atoms with van der Waals surface area (Å²) >= 11 is 0. The first-order chi connectivity index (χ1) is 14.0. The van der Waals surface area contributed by atoms with E-state index in [0.29, 0.717) is 29.2 Å². The fourth-order valence-electron chi connectivity index (χ4n) is 2.67. The van der Waals surface area contributed by atoms with Crippen LogP contribution in [-0.2, 0) is 9.59 Å². The third kappa shape index (κ3) is 6.62. The monoisotopic (exact) mass is 398 g/mol. The van der Waals surface area contributed by atoms with Gasteiger partial charge in [-0.25, -0.2) is 0 Å². The zero-order valence-electron chi connectivity index (χ0n) is 16.8. The van der Waals surface area contributed by atoms with Crippen molar-refractivity contribution in [3.05, 3.63) is 54.1 Å². The van der Waals surface area contributed by atoms with Crippen molar-refractivity contribution in [1.82, 2.24) is 10.2 Å². The molecule has 0 bridgehead atoms. The van der Waals surface area contributed by atoms with Crippen LogP contribution >= 0.6 is 0 Å². The zero-order chi connectivity index (χ0) is 21.2. The SMILES string of the molecule is CCN(CC(=O)Nc1ccc(C(=O)NC)cc1)CC(=O)Nc1ccccc1OC. The van der Waals surface area contributed by atoms with Crippen LogP contribution in [0.1, 0.15) is 17.3 Å². The van der Waals surface area contributed by atoms with Gasteiger partial charge < -0.3 is 20.7 Å². The number of rotatable bonds is 9. The molecule has 0 atom stereocenters. The molecular weight excluding hydrogens is 372 g/mol. The Bertz CT molecular complexity index is 852. The Morgan fingerprint density at radius 2 is 1.55 bits per heavy atom. The number of nitrogens with zero attached hydrogens (tertiary/aromatic N) is 1. The summed E-state index contributed by atoms with van der Waals surface area (Å²) in [4.78, 5) is 37.9. The Labute approximate surface area is 170 Å². The number of hydrogen-bond donors (Lipinski definition) is 3. The summed E-state index contributed by atoms with van der Waals surface area (Å²) in [6, 6.07) is 13.7. The molecule has 3 amide bonds. The number of ether oxygens (including phenoxy) is 1. The van der Waals surface area contributed by atoms with E-state index in [4.69, 9.17) is 4.74 Å². The first-order valence-corrected chi connectivity index (χ1v) is 9.24. The van der Waals surface area contributed by atoms with Gasteiger partial charge in [-0.1, -0.05) is 19.1 Å². The van der Waals surface area contributed by atoms with Crippen LogP contribution in [-0.4, -0.2) is 56.4 Å². The molecule has 0 aliphatic carbocycles. The standard InChI is InChI=1S/C21H26N4O4/c1-4-25(14-20(27)24-17-7-5-6-8-18(17)29-3)13-19(26)23-16-11-9-15(10-12-16)21(28)22-2/h5-12H,4,13-14H2,1-3H3,(H,22,28)(H,23,26)(H,24,27). The molecule has 29 heavy (non-hydrogen) atoms. The molecule has 8 heteroatoms. The van der Waals surface area contributed by atoms with E-state index in [9.17, 15) is 14.4 Å². The van der Waals surface area contributed by atoms with Gasteiger partial charge in [-0.3, -0.25) is 19.3 Å². The van der Waals surface area contributed by atoms with E-state index >= 15 is 0 Å². The number of para-hydroxylation sites is 2. The van der Waals surface area contributed by atoms with Gasteiger partial charge in [-0.05, 0) is 42.9 Å². The van der Waals surface area contributed by atoms with E-state index in [0.717, 1.165) is 0 Å². The maximum absolute atomic E-state index is 12.3. The second kappa shape index (κ2) is 10.8. The van der Waals surface area contributed by atoms with Gasteiger partial charge in [0, 0.05) is 18.3 Å². The number of carbonyl (C=O) groups is 3. The molecule has 2 aromatic rings. The normalized spacial score (nSPS) is 10.3. The number of amides is 3. The first kappa shape index (κ1) is 21.9. The van der Waals surface area contributed by atoms with Crippen LogP contribution in [0.25, 0.3) is 0 Å². The molecule has 0 aliphatic heterocycles. The van der Waals surface area contributed by atoms with Gasteiger partial charge in [0.1, 0.15) is 5.75 Å². The third-order valence-electron chi connectivity index (χ3n) is 4.22. The van der Waals surface area contributed by atoms with Crippen molar-refractivity contribution in [1.29, 1.82) is 0 Å². The number of methoxy groups -OCH3 is 1. The molecule has 0 saturated carbocycles. The molecule has 0 heterocycles. The predicted octanol–water partition coefficient (Wildman–Crippen LogP) is 1.95. The largest absolute Gasteiger partial charge is 0.495 e. The third-order valence-corrected chi connectivity index (χ3v) is 4.22. The topological polar surface area (TPSA) is 99.8 Å². The fraction of sp³-hybridized carbons (Fsp3) is 0.286. The summed E-state index contributed by atoms with van der Waals surface area (Å²) in [6.45, 7) is 2.54. The van der Waals surface area contributed by atoms with Gasteiger partial charge in [0.05, 0.1) is 25.9 Å². The number of benzene rings is 2. The molecule has 2 aromatic carbocycles. The average Bonchev–Trinajstić information content (AvgIpc) is 2.73. The minimum atomic E-state index is -0.246. The van der Waals surface area contributed by atoms with Gasteiger partial charge in [0.15, 0.2) is 0 Å².